The number of aryl methyl sites for hydroxylation is 1. The quantitative estimate of drug-likeness (QED) is 0.440. The number of likely N-dealkylation sites (tertiary alicyclic amines) is 1. The summed E-state index contributed by atoms with van der Waals surface area (Å²) in [4.78, 5) is 37.2. The van der Waals surface area contributed by atoms with E-state index in [1.807, 2.05) is 48.6 Å². The zero-order valence-electron chi connectivity index (χ0n) is 21.8. The Labute approximate surface area is 229 Å². The van der Waals surface area contributed by atoms with Gasteiger partial charge >= 0.3 is 0 Å². The van der Waals surface area contributed by atoms with E-state index in [1.165, 1.54) is 17.7 Å². The topological polar surface area (TPSA) is 56.8 Å². The van der Waals surface area contributed by atoms with Crippen molar-refractivity contribution in [2.45, 2.75) is 38.1 Å². The number of carbonyl (C=O) groups is 2. The smallest absolute Gasteiger partial charge is 0.255 e. The van der Waals surface area contributed by atoms with Gasteiger partial charge in [-0.05, 0) is 85.0 Å². The SMILES string of the molecule is CN(C(=O)c1ccccc1Cl)C1CCc2ccc(C(=O)N3CCC4(CC3)CCN(c3ccncc3)C4)cc21. The zero-order chi connectivity index (χ0) is 26.3. The van der Waals surface area contributed by atoms with Gasteiger partial charge in [-0.1, -0.05) is 29.8 Å². The fourth-order valence-corrected chi connectivity index (χ4v) is 6.78. The van der Waals surface area contributed by atoms with Gasteiger partial charge in [-0.15, -0.1) is 0 Å². The third-order valence-electron chi connectivity index (χ3n) is 8.91. The molecule has 1 aromatic heterocycles. The number of fused-ring (bicyclic) bond motifs is 1. The van der Waals surface area contributed by atoms with E-state index in [1.54, 1.807) is 17.0 Å². The number of aromatic nitrogens is 1. The third kappa shape index (κ3) is 4.55. The van der Waals surface area contributed by atoms with E-state index in [0.717, 1.165) is 63.0 Å². The average Bonchev–Trinajstić information content (AvgIpc) is 3.57. The molecule has 196 valence electrons. The van der Waals surface area contributed by atoms with E-state index >= 15 is 0 Å². The summed E-state index contributed by atoms with van der Waals surface area (Å²) in [5, 5.41) is 0.459. The summed E-state index contributed by atoms with van der Waals surface area (Å²) < 4.78 is 0. The zero-order valence-corrected chi connectivity index (χ0v) is 22.5. The Bertz CT molecular complexity index is 1350. The monoisotopic (exact) mass is 528 g/mol. The van der Waals surface area contributed by atoms with Crippen molar-refractivity contribution in [3.63, 3.8) is 0 Å². The summed E-state index contributed by atoms with van der Waals surface area (Å²) in [7, 11) is 1.83. The molecular weight excluding hydrogens is 496 g/mol. The van der Waals surface area contributed by atoms with Gasteiger partial charge < -0.3 is 14.7 Å². The van der Waals surface area contributed by atoms with E-state index in [0.29, 0.717) is 10.6 Å². The molecule has 7 heteroatoms. The van der Waals surface area contributed by atoms with Gasteiger partial charge in [0.05, 0.1) is 16.6 Å². The van der Waals surface area contributed by atoms with Gasteiger partial charge in [-0.25, -0.2) is 0 Å². The summed E-state index contributed by atoms with van der Waals surface area (Å²) in [5.41, 5.74) is 5.04. The molecule has 38 heavy (non-hydrogen) atoms. The lowest BCUT2D eigenvalue weighted by Gasteiger charge is -2.39. The van der Waals surface area contributed by atoms with Gasteiger partial charge in [0, 0.05) is 56.9 Å². The minimum Gasteiger partial charge on any atom is -0.371 e. The molecule has 2 aliphatic heterocycles. The van der Waals surface area contributed by atoms with Gasteiger partial charge in [-0.2, -0.15) is 0 Å². The molecule has 1 aliphatic carbocycles. The summed E-state index contributed by atoms with van der Waals surface area (Å²) in [5.74, 6) is 0.00116. The van der Waals surface area contributed by atoms with Crippen molar-refractivity contribution < 1.29 is 9.59 Å². The molecule has 0 radical (unpaired) electrons. The highest BCUT2D eigenvalue weighted by Gasteiger charge is 2.41. The molecule has 1 unspecified atom stereocenters. The molecule has 3 aromatic rings. The lowest BCUT2D eigenvalue weighted by Crippen LogP contribution is -2.44. The molecule has 1 spiro atoms. The molecule has 0 saturated carbocycles. The van der Waals surface area contributed by atoms with Gasteiger partial charge in [0.25, 0.3) is 11.8 Å². The van der Waals surface area contributed by atoms with Crippen LogP contribution in [0, 0.1) is 5.41 Å². The fraction of sp³-hybridized carbons (Fsp3) is 0.387. The number of carbonyl (C=O) groups excluding carboxylic acids is 2. The van der Waals surface area contributed by atoms with E-state index in [4.69, 9.17) is 11.6 Å². The van der Waals surface area contributed by atoms with E-state index in [2.05, 4.69) is 28.1 Å². The summed E-state index contributed by atoms with van der Waals surface area (Å²) in [6, 6.07) is 17.3. The van der Waals surface area contributed by atoms with Gasteiger partial charge in [0.15, 0.2) is 0 Å². The number of halogens is 1. The Hall–Kier alpha value is -3.38. The van der Waals surface area contributed by atoms with Crippen LogP contribution in [0.5, 0.6) is 0 Å². The lowest BCUT2D eigenvalue weighted by molar-refractivity contribution is 0.0610. The first-order valence-corrected chi connectivity index (χ1v) is 13.9. The van der Waals surface area contributed by atoms with Crippen molar-refractivity contribution in [1.82, 2.24) is 14.8 Å². The Morgan fingerprint density at radius 1 is 1.00 bits per heavy atom. The van der Waals surface area contributed by atoms with Gasteiger partial charge in [0.1, 0.15) is 0 Å². The van der Waals surface area contributed by atoms with Crippen LogP contribution in [0.15, 0.2) is 67.0 Å². The fourth-order valence-electron chi connectivity index (χ4n) is 6.57. The summed E-state index contributed by atoms with van der Waals surface area (Å²) >= 11 is 6.30. The normalized spacial score (nSPS) is 20.0. The maximum Gasteiger partial charge on any atom is 0.255 e. The molecule has 0 bridgehead atoms. The van der Waals surface area contributed by atoms with Crippen LogP contribution in [-0.2, 0) is 6.42 Å². The van der Waals surface area contributed by atoms with Crippen molar-refractivity contribution in [1.29, 1.82) is 0 Å². The van der Waals surface area contributed by atoms with Crippen LogP contribution in [0.3, 0.4) is 0 Å². The Balaban J connectivity index is 1.13. The highest BCUT2D eigenvalue weighted by atomic mass is 35.5. The molecule has 1 atom stereocenters. The summed E-state index contributed by atoms with van der Waals surface area (Å²) in [6.45, 7) is 3.68. The van der Waals surface area contributed by atoms with E-state index < -0.39 is 0 Å². The van der Waals surface area contributed by atoms with Crippen LogP contribution in [0.4, 0.5) is 5.69 Å². The van der Waals surface area contributed by atoms with Crippen LogP contribution in [-0.4, -0.2) is 59.8 Å². The minimum atomic E-state index is -0.0936. The highest BCUT2D eigenvalue weighted by Crippen LogP contribution is 2.42. The molecule has 3 aliphatic rings. The van der Waals surface area contributed by atoms with Crippen molar-refractivity contribution in [3.05, 3.63) is 94.3 Å². The minimum absolute atomic E-state index is 0.0659. The number of hydrogen-bond acceptors (Lipinski definition) is 4. The van der Waals surface area contributed by atoms with Crippen LogP contribution in [0.25, 0.3) is 0 Å². The van der Waals surface area contributed by atoms with E-state index in [9.17, 15) is 9.59 Å². The van der Waals surface area contributed by atoms with Crippen LogP contribution in [0.2, 0.25) is 5.02 Å². The average molecular weight is 529 g/mol. The number of amides is 2. The van der Waals surface area contributed by atoms with E-state index in [-0.39, 0.29) is 23.3 Å². The van der Waals surface area contributed by atoms with Gasteiger partial charge in [-0.3, -0.25) is 14.6 Å². The third-order valence-corrected chi connectivity index (χ3v) is 9.24. The molecule has 2 fully saturated rings. The number of benzene rings is 2. The number of rotatable bonds is 4. The lowest BCUT2D eigenvalue weighted by atomic mass is 9.77. The predicted molar refractivity (Wildman–Crippen MR) is 150 cm³/mol. The first-order chi connectivity index (χ1) is 18.4. The van der Waals surface area contributed by atoms with Crippen molar-refractivity contribution in [2.75, 3.05) is 38.1 Å². The number of anilines is 1. The second-order valence-corrected chi connectivity index (χ2v) is 11.4. The Kier molecular flexibility index (Phi) is 6.60. The highest BCUT2D eigenvalue weighted by molar-refractivity contribution is 6.33. The summed E-state index contributed by atoms with van der Waals surface area (Å²) in [6.07, 6.45) is 8.69. The van der Waals surface area contributed by atoms with Crippen LogP contribution < -0.4 is 4.90 Å². The standard InChI is InChI=1S/C31H33ClN4O2/c1-34(30(38)25-4-2-3-5-27(25)32)28-9-8-22-6-7-23(20-26(22)28)29(37)35-17-12-31(13-18-35)14-19-36(21-31)24-10-15-33-16-11-24/h2-7,10-11,15-16,20,28H,8-9,12-14,17-19,21H2,1H3. The molecule has 2 aromatic carbocycles. The molecule has 3 heterocycles. The Morgan fingerprint density at radius 3 is 2.50 bits per heavy atom. The number of pyridine rings is 1. The number of hydrogen-bond donors (Lipinski definition) is 0. The first-order valence-electron chi connectivity index (χ1n) is 13.5. The van der Waals surface area contributed by atoms with Gasteiger partial charge in [0.2, 0.25) is 0 Å². The van der Waals surface area contributed by atoms with Crippen molar-refractivity contribution >= 4 is 29.1 Å². The molecule has 0 N–H and O–H groups in total. The van der Waals surface area contributed by atoms with Crippen molar-refractivity contribution in [3.8, 4) is 0 Å². The number of nitrogens with zero attached hydrogens (tertiary/aromatic N) is 4. The number of piperidine rings is 1. The second-order valence-electron chi connectivity index (χ2n) is 11.0. The predicted octanol–water partition coefficient (Wildman–Crippen LogP) is 5.63. The molecule has 2 amide bonds. The maximum absolute atomic E-state index is 13.6. The maximum atomic E-state index is 13.6. The molecular formula is C31H33ClN4O2. The largest absolute Gasteiger partial charge is 0.371 e. The second kappa shape index (κ2) is 10.1. The molecule has 2 saturated heterocycles. The van der Waals surface area contributed by atoms with Crippen LogP contribution >= 0.6 is 11.6 Å². The molecule has 6 rings (SSSR count). The first kappa shape index (κ1) is 24.9. The van der Waals surface area contributed by atoms with Crippen LogP contribution in [0.1, 0.15) is 63.6 Å². The molecule has 6 nitrogen and oxygen atoms in total. The van der Waals surface area contributed by atoms with Crippen molar-refractivity contribution in [2.24, 2.45) is 5.41 Å². The Morgan fingerprint density at radius 2 is 1.74 bits per heavy atom.